The summed E-state index contributed by atoms with van der Waals surface area (Å²) >= 11 is 0. The van der Waals surface area contributed by atoms with E-state index in [1.165, 1.54) is 0 Å². The monoisotopic (exact) mass is 296 g/mol. The zero-order valence-electron chi connectivity index (χ0n) is 12.5. The topological polar surface area (TPSA) is 49.4 Å². The number of sulfone groups is 1. The number of hydrogen-bond acceptors (Lipinski definition) is 4. The maximum atomic E-state index is 12.1. The molecule has 2 atom stereocenters. The van der Waals surface area contributed by atoms with Crippen LogP contribution in [0.1, 0.15) is 31.4 Å². The molecule has 1 aromatic rings. The highest BCUT2D eigenvalue weighted by Gasteiger charge is 2.30. The Hall–Kier alpha value is -0.910. The third kappa shape index (κ3) is 3.59. The van der Waals surface area contributed by atoms with E-state index in [0.717, 1.165) is 18.5 Å². The molecule has 1 heterocycles. The van der Waals surface area contributed by atoms with Crippen LogP contribution in [-0.2, 0) is 9.84 Å². The summed E-state index contributed by atoms with van der Waals surface area (Å²) in [5.74, 6) is 0.238. The predicted octanol–water partition coefficient (Wildman–Crippen LogP) is 1.83. The second-order valence-corrected chi connectivity index (χ2v) is 7.94. The molecule has 4 nitrogen and oxygen atoms in total. The first-order valence-electron chi connectivity index (χ1n) is 7.12. The van der Waals surface area contributed by atoms with Gasteiger partial charge >= 0.3 is 0 Å². The minimum Gasteiger partial charge on any atom is -0.309 e. The summed E-state index contributed by atoms with van der Waals surface area (Å²) in [7, 11) is 1.04. The van der Waals surface area contributed by atoms with Crippen molar-refractivity contribution < 1.29 is 8.42 Å². The summed E-state index contributed by atoms with van der Waals surface area (Å²) in [6.07, 6.45) is 1.71. The van der Waals surface area contributed by atoms with Crippen molar-refractivity contribution in [3.8, 4) is 0 Å². The second kappa shape index (κ2) is 6.24. The molecular formula is C15H24N2O2S. The van der Waals surface area contributed by atoms with Gasteiger partial charge in [0.15, 0.2) is 9.84 Å². The van der Waals surface area contributed by atoms with E-state index in [9.17, 15) is 8.42 Å². The highest BCUT2D eigenvalue weighted by molar-refractivity contribution is 7.91. The van der Waals surface area contributed by atoms with E-state index in [0.29, 0.717) is 17.4 Å². The van der Waals surface area contributed by atoms with E-state index in [-0.39, 0.29) is 11.8 Å². The van der Waals surface area contributed by atoms with Gasteiger partial charge in [0.2, 0.25) is 0 Å². The van der Waals surface area contributed by atoms with Gasteiger partial charge in [-0.2, -0.15) is 0 Å². The fraction of sp³-hybridized carbons (Fsp3) is 0.600. The first kappa shape index (κ1) is 15.5. The lowest BCUT2D eigenvalue weighted by atomic mass is 10.0. The van der Waals surface area contributed by atoms with E-state index < -0.39 is 9.84 Å². The van der Waals surface area contributed by atoms with Crippen molar-refractivity contribution in [2.45, 2.75) is 36.7 Å². The lowest BCUT2D eigenvalue weighted by molar-refractivity contribution is 0.345. The smallest absolute Gasteiger partial charge is 0.178 e. The van der Waals surface area contributed by atoms with Gasteiger partial charge in [-0.1, -0.05) is 18.2 Å². The number of benzene rings is 1. The second-order valence-electron chi connectivity index (χ2n) is 5.86. The maximum absolute atomic E-state index is 12.1. The molecule has 0 aliphatic carbocycles. The van der Waals surface area contributed by atoms with Crippen molar-refractivity contribution >= 4 is 9.84 Å². The summed E-state index contributed by atoms with van der Waals surface area (Å²) in [6, 6.07) is 7.89. The quantitative estimate of drug-likeness (QED) is 0.901. The summed E-state index contributed by atoms with van der Waals surface area (Å²) in [4.78, 5) is 2.67. The maximum Gasteiger partial charge on any atom is 0.178 e. The van der Waals surface area contributed by atoms with E-state index in [2.05, 4.69) is 31.2 Å². The van der Waals surface area contributed by atoms with Crippen LogP contribution in [0, 0.1) is 0 Å². The van der Waals surface area contributed by atoms with Gasteiger partial charge in [0, 0.05) is 12.1 Å². The van der Waals surface area contributed by atoms with Crippen molar-refractivity contribution in [2.75, 3.05) is 26.4 Å². The van der Waals surface area contributed by atoms with Crippen LogP contribution < -0.4 is 5.32 Å². The standard InChI is InChI=1S/C15H24N2O2S/c1-12(8-10-17(2)3)16-14-9-11-20(18,19)15-7-5-4-6-13(14)15/h4-7,12,14,16H,8-11H2,1-3H3. The number of nitrogens with zero attached hydrogens (tertiary/aromatic N) is 1. The Balaban J connectivity index is 2.11. The van der Waals surface area contributed by atoms with Gasteiger partial charge in [-0.05, 0) is 52.0 Å². The van der Waals surface area contributed by atoms with Crippen molar-refractivity contribution in [3.05, 3.63) is 29.8 Å². The van der Waals surface area contributed by atoms with Crippen molar-refractivity contribution in [1.29, 1.82) is 0 Å². The molecule has 20 heavy (non-hydrogen) atoms. The molecule has 0 saturated heterocycles. The number of hydrogen-bond donors (Lipinski definition) is 1. The Kier molecular flexibility index (Phi) is 4.83. The lowest BCUT2D eigenvalue weighted by Crippen LogP contribution is -2.36. The fourth-order valence-electron chi connectivity index (χ4n) is 2.64. The average molecular weight is 296 g/mol. The minimum absolute atomic E-state index is 0.145. The van der Waals surface area contributed by atoms with Crippen LogP contribution >= 0.6 is 0 Å². The average Bonchev–Trinajstić information content (AvgIpc) is 2.40. The van der Waals surface area contributed by atoms with E-state index >= 15 is 0 Å². The summed E-state index contributed by atoms with van der Waals surface area (Å²) < 4.78 is 24.2. The first-order chi connectivity index (χ1) is 9.40. The van der Waals surface area contributed by atoms with E-state index in [1.807, 2.05) is 12.1 Å². The van der Waals surface area contributed by atoms with Crippen LogP contribution in [0.5, 0.6) is 0 Å². The van der Waals surface area contributed by atoms with Gasteiger partial charge in [0.05, 0.1) is 10.6 Å². The molecule has 5 heteroatoms. The zero-order valence-corrected chi connectivity index (χ0v) is 13.3. The molecule has 0 amide bonds. The molecule has 2 unspecified atom stereocenters. The molecule has 0 bridgehead atoms. The Labute approximate surface area is 122 Å². The summed E-state index contributed by atoms with van der Waals surface area (Å²) in [6.45, 7) is 3.19. The van der Waals surface area contributed by atoms with Crippen LogP contribution in [0.4, 0.5) is 0 Å². The molecule has 0 saturated carbocycles. The minimum atomic E-state index is -3.08. The van der Waals surface area contributed by atoms with E-state index in [1.54, 1.807) is 12.1 Å². The Morgan fingerprint density at radius 1 is 1.35 bits per heavy atom. The number of fused-ring (bicyclic) bond motifs is 1. The van der Waals surface area contributed by atoms with Gasteiger partial charge in [0.25, 0.3) is 0 Å². The molecule has 1 aromatic carbocycles. The Morgan fingerprint density at radius 3 is 2.75 bits per heavy atom. The van der Waals surface area contributed by atoms with Gasteiger partial charge in [0.1, 0.15) is 0 Å². The zero-order chi connectivity index (χ0) is 14.8. The molecule has 0 aromatic heterocycles. The largest absolute Gasteiger partial charge is 0.309 e. The molecule has 0 spiro atoms. The van der Waals surface area contributed by atoms with Crippen LogP contribution in [0.2, 0.25) is 0 Å². The van der Waals surface area contributed by atoms with Crippen LogP contribution in [0.25, 0.3) is 0 Å². The molecule has 1 aliphatic heterocycles. The summed E-state index contributed by atoms with van der Waals surface area (Å²) in [5, 5.41) is 3.58. The van der Waals surface area contributed by atoms with Crippen molar-refractivity contribution in [3.63, 3.8) is 0 Å². The van der Waals surface area contributed by atoms with Crippen LogP contribution in [0.15, 0.2) is 29.2 Å². The van der Waals surface area contributed by atoms with Gasteiger partial charge in [-0.3, -0.25) is 0 Å². The molecule has 0 fully saturated rings. The third-order valence-electron chi connectivity index (χ3n) is 3.80. The lowest BCUT2D eigenvalue weighted by Gasteiger charge is -2.29. The fourth-order valence-corrected chi connectivity index (χ4v) is 4.26. The molecule has 1 aliphatic rings. The van der Waals surface area contributed by atoms with Gasteiger partial charge < -0.3 is 10.2 Å². The Morgan fingerprint density at radius 2 is 2.05 bits per heavy atom. The SMILES string of the molecule is CC(CCN(C)C)NC1CCS(=O)(=O)c2ccccc21. The van der Waals surface area contributed by atoms with Crippen molar-refractivity contribution in [2.24, 2.45) is 0 Å². The van der Waals surface area contributed by atoms with Crippen molar-refractivity contribution in [1.82, 2.24) is 10.2 Å². The number of rotatable bonds is 5. The van der Waals surface area contributed by atoms with Crippen LogP contribution in [-0.4, -0.2) is 45.8 Å². The molecular weight excluding hydrogens is 272 g/mol. The Bertz CT molecular complexity index is 555. The predicted molar refractivity (Wildman–Crippen MR) is 81.6 cm³/mol. The molecule has 0 radical (unpaired) electrons. The third-order valence-corrected chi connectivity index (χ3v) is 5.61. The van der Waals surface area contributed by atoms with E-state index in [4.69, 9.17) is 0 Å². The van der Waals surface area contributed by atoms with Crippen LogP contribution in [0.3, 0.4) is 0 Å². The normalized spacial score (nSPS) is 22.5. The van der Waals surface area contributed by atoms with Gasteiger partial charge in [-0.25, -0.2) is 8.42 Å². The highest BCUT2D eigenvalue weighted by Crippen LogP contribution is 2.32. The first-order valence-corrected chi connectivity index (χ1v) is 8.78. The highest BCUT2D eigenvalue weighted by atomic mass is 32.2. The molecule has 1 N–H and O–H groups in total. The molecule has 2 rings (SSSR count). The molecule has 112 valence electrons. The van der Waals surface area contributed by atoms with Gasteiger partial charge in [-0.15, -0.1) is 0 Å². The number of nitrogens with one attached hydrogen (secondary N) is 1. The summed E-state index contributed by atoms with van der Waals surface area (Å²) in [5.41, 5.74) is 0.926.